The first-order valence-electron chi connectivity index (χ1n) is 5.91. The fourth-order valence-corrected chi connectivity index (χ4v) is 2.15. The number of halogens is 4. The van der Waals surface area contributed by atoms with Gasteiger partial charge >= 0.3 is 0 Å². The molecule has 0 heterocycles. The summed E-state index contributed by atoms with van der Waals surface area (Å²) in [6.45, 7) is 4.03. The molecule has 2 atom stereocenters. The topological polar surface area (TPSA) is 46.2 Å². The Morgan fingerprint density at radius 2 is 1.68 bits per heavy atom. The van der Waals surface area contributed by atoms with Gasteiger partial charge in [-0.15, -0.1) is 12.4 Å². The van der Waals surface area contributed by atoms with Crippen molar-refractivity contribution in [3.8, 4) is 0 Å². The minimum atomic E-state index is -1.04. The van der Waals surface area contributed by atoms with Crippen molar-refractivity contribution in [1.29, 1.82) is 0 Å². The van der Waals surface area contributed by atoms with Gasteiger partial charge in [0.25, 0.3) is 0 Å². The number of benzene rings is 1. The smallest absolute Gasteiger partial charge is 0.132 e. The second-order valence-electron chi connectivity index (χ2n) is 4.85. The molecular weight excluding hydrogens is 340 g/mol. The second kappa shape index (κ2) is 8.15. The van der Waals surface area contributed by atoms with Gasteiger partial charge in [0.2, 0.25) is 0 Å². The normalized spacial score (nSPS) is 14.1. The molecule has 1 aromatic carbocycles. The lowest BCUT2D eigenvalue weighted by Gasteiger charge is -2.21. The van der Waals surface area contributed by atoms with Crippen LogP contribution in [0.2, 0.25) is 0 Å². The second-order valence-corrected chi connectivity index (χ2v) is 5.76. The zero-order valence-corrected chi connectivity index (χ0v) is 13.3. The average Bonchev–Trinajstić information content (AvgIpc) is 2.24. The van der Waals surface area contributed by atoms with Gasteiger partial charge in [-0.1, -0.05) is 29.8 Å². The molecule has 19 heavy (non-hydrogen) atoms. The SMILES string of the molecule is CC(C)CC[C@@H](O)[C@@H](N)c1c(F)cc(Br)cc1F.Cl. The molecule has 1 rings (SSSR count). The third-order valence-corrected chi connectivity index (χ3v) is 3.29. The van der Waals surface area contributed by atoms with Gasteiger partial charge in [-0.25, -0.2) is 8.78 Å². The molecule has 0 aromatic heterocycles. The average molecular weight is 359 g/mol. The van der Waals surface area contributed by atoms with Crippen molar-refractivity contribution in [1.82, 2.24) is 0 Å². The number of rotatable bonds is 5. The maximum absolute atomic E-state index is 13.7. The van der Waals surface area contributed by atoms with Crippen molar-refractivity contribution in [2.45, 2.75) is 38.8 Å². The lowest BCUT2D eigenvalue weighted by atomic mass is 9.95. The first-order chi connectivity index (χ1) is 8.32. The predicted octanol–water partition coefficient (Wildman–Crippen LogP) is 3.95. The van der Waals surface area contributed by atoms with E-state index < -0.39 is 23.8 Å². The summed E-state index contributed by atoms with van der Waals surface area (Å²) in [6, 6.07) is 1.25. The van der Waals surface area contributed by atoms with Crippen LogP contribution in [0.1, 0.15) is 38.3 Å². The maximum Gasteiger partial charge on any atom is 0.132 e. The van der Waals surface area contributed by atoms with E-state index in [1.165, 1.54) is 0 Å². The molecule has 0 aliphatic heterocycles. The Morgan fingerprint density at radius 1 is 1.21 bits per heavy atom. The molecule has 110 valence electrons. The van der Waals surface area contributed by atoms with E-state index in [-0.39, 0.29) is 18.0 Å². The van der Waals surface area contributed by atoms with Crippen molar-refractivity contribution in [2.24, 2.45) is 11.7 Å². The van der Waals surface area contributed by atoms with E-state index in [4.69, 9.17) is 5.73 Å². The minimum Gasteiger partial charge on any atom is -0.391 e. The molecule has 0 aliphatic rings. The highest BCUT2D eigenvalue weighted by atomic mass is 79.9. The van der Waals surface area contributed by atoms with Gasteiger partial charge in [-0.05, 0) is 30.9 Å². The number of hydrogen-bond acceptors (Lipinski definition) is 2. The standard InChI is InChI=1S/C13H18BrF2NO.ClH/c1-7(2)3-4-11(18)13(17)12-9(15)5-8(14)6-10(12)16;/h5-7,11,13,18H,3-4,17H2,1-2H3;1H/t11-,13-;/m1./s1. The number of hydrogen-bond donors (Lipinski definition) is 2. The van der Waals surface area contributed by atoms with Gasteiger partial charge in [0.05, 0.1) is 12.1 Å². The van der Waals surface area contributed by atoms with Gasteiger partial charge in [0.1, 0.15) is 11.6 Å². The molecule has 0 saturated heterocycles. The van der Waals surface area contributed by atoms with E-state index in [0.717, 1.165) is 18.6 Å². The van der Waals surface area contributed by atoms with Gasteiger partial charge < -0.3 is 10.8 Å². The van der Waals surface area contributed by atoms with E-state index in [0.29, 0.717) is 16.8 Å². The maximum atomic E-state index is 13.7. The van der Waals surface area contributed by atoms with E-state index >= 15 is 0 Å². The highest BCUT2D eigenvalue weighted by molar-refractivity contribution is 9.10. The van der Waals surface area contributed by atoms with Crippen molar-refractivity contribution < 1.29 is 13.9 Å². The van der Waals surface area contributed by atoms with E-state index in [9.17, 15) is 13.9 Å². The molecule has 3 N–H and O–H groups in total. The Balaban J connectivity index is 0.00000324. The zero-order valence-electron chi connectivity index (χ0n) is 10.9. The zero-order chi connectivity index (χ0) is 13.9. The molecular formula is C13H19BrClF2NO. The Bertz CT molecular complexity index is 395. The summed E-state index contributed by atoms with van der Waals surface area (Å²) in [5.74, 6) is -1.07. The van der Waals surface area contributed by atoms with Crippen LogP contribution in [0.3, 0.4) is 0 Å². The first-order valence-corrected chi connectivity index (χ1v) is 6.70. The van der Waals surface area contributed by atoms with Crippen molar-refractivity contribution in [2.75, 3.05) is 0 Å². The van der Waals surface area contributed by atoms with Gasteiger partial charge in [-0.2, -0.15) is 0 Å². The molecule has 0 bridgehead atoms. The first kappa shape index (κ1) is 18.8. The summed E-state index contributed by atoms with van der Waals surface area (Å²) in [6.07, 6.45) is 0.236. The summed E-state index contributed by atoms with van der Waals surface area (Å²) in [7, 11) is 0. The summed E-state index contributed by atoms with van der Waals surface area (Å²) >= 11 is 3.00. The minimum absolute atomic E-state index is 0. The van der Waals surface area contributed by atoms with Crippen LogP contribution in [0.15, 0.2) is 16.6 Å². The van der Waals surface area contributed by atoms with Crippen LogP contribution in [-0.2, 0) is 0 Å². The molecule has 0 saturated carbocycles. The third-order valence-electron chi connectivity index (χ3n) is 2.83. The van der Waals surface area contributed by atoms with E-state index in [2.05, 4.69) is 15.9 Å². The van der Waals surface area contributed by atoms with Crippen LogP contribution in [0, 0.1) is 17.6 Å². The predicted molar refractivity (Wildman–Crippen MR) is 78.3 cm³/mol. The molecule has 0 amide bonds. The van der Waals surface area contributed by atoms with Gasteiger partial charge in [-0.3, -0.25) is 0 Å². The van der Waals surface area contributed by atoms with Crippen molar-refractivity contribution >= 4 is 28.3 Å². The van der Waals surface area contributed by atoms with Crippen LogP contribution in [-0.4, -0.2) is 11.2 Å². The number of aliphatic hydroxyl groups is 1. The molecule has 6 heteroatoms. The van der Waals surface area contributed by atoms with Gasteiger partial charge in [0.15, 0.2) is 0 Å². The molecule has 0 radical (unpaired) electrons. The van der Waals surface area contributed by atoms with Crippen LogP contribution in [0.5, 0.6) is 0 Å². The number of nitrogens with two attached hydrogens (primary N) is 1. The Morgan fingerprint density at radius 3 is 2.11 bits per heavy atom. The lowest BCUT2D eigenvalue weighted by molar-refractivity contribution is 0.125. The summed E-state index contributed by atoms with van der Waals surface area (Å²) in [5.41, 5.74) is 5.48. The van der Waals surface area contributed by atoms with E-state index in [1.807, 2.05) is 13.8 Å². The fraction of sp³-hybridized carbons (Fsp3) is 0.538. The summed E-state index contributed by atoms with van der Waals surface area (Å²) in [4.78, 5) is 0. The van der Waals surface area contributed by atoms with Crippen molar-refractivity contribution in [3.63, 3.8) is 0 Å². The quantitative estimate of drug-likeness (QED) is 0.837. The molecule has 0 fully saturated rings. The highest BCUT2D eigenvalue weighted by Crippen LogP contribution is 2.27. The monoisotopic (exact) mass is 357 g/mol. The third kappa shape index (κ3) is 5.34. The summed E-state index contributed by atoms with van der Waals surface area (Å²) < 4.78 is 27.6. The number of aliphatic hydroxyl groups excluding tert-OH is 1. The van der Waals surface area contributed by atoms with Crippen LogP contribution in [0.4, 0.5) is 8.78 Å². The lowest BCUT2D eigenvalue weighted by Crippen LogP contribution is -2.28. The largest absolute Gasteiger partial charge is 0.391 e. The van der Waals surface area contributed by atoms with Crippen LogP contribution in [0.25, 0.3) is 0 Å². The molecule has 0 aliphatic carbocycles. The van der Waals surface area contributed by atoms with Crippen LogP contribution >= 0.6 is 28.3 Å². The molecule has 1 aromatic rings. The Labute approximate surface area is 126 Å². The molecule has 2 nitrogen and oxygen atoms in total. The van der Waals surface area contributed by atoms with Gasteiger partial charge in [0, 0.05) is 10.0 Å². The Hall–Kier alpha value is -0.230. The summed E-state index contributed by atoms with van der Waals surface area (Å²) in [5, 5.41) is 9.87. The molecule has 0 spiro atoms. The Kier molecular flexibility index (Phi) is 8.05. The van der Waals surface area contributed by atoms with Crippen LogP contribution < -0.4 is 5.73 Å². The fourth-order valence-electron chi connectivity index (χ4n) is 1.75. The van der Waals surface area contributed by atoms with Crippen molar-refractivity contribution in [3.05, 3.63) is 33.8 Å². The van der Waals surface area contributed by atoms with E-state index in [1.54, 1.807) is 0 Å². The highest BCUT2D eigenvalue weighted by Gasteiger charge is 2.24. The molecule has 0 unspecified atom stereocenters.